The van der Waals surface area contributed by atoms with Gasteiger partial charge in [-0.25, -0.2) is 18.3 Å². The molecule has 3 aromatic rings. The molecule has 0 radical (unpaired) electrons. The Kier molecular flexibility index (Phi) is 3.70. The summed E-state index contributed by atoms with van der Waals surface area (Å²) in [6, 6.07) is 10.3. The topological polar surface area (TPSA) is 63.2 Å². The molecule has 1 aliphatic heterocycles. The summed E-state index contributed by atoms with van der Waals surface area (Å²) < 4.78 is 34.7. The molecule has 25 heavy (non-hydrogen) atoms. The van der Waals surface area contributed by atoms with E-state index in [0.29, 0.717) is 10.6 Å². The predicted molar refractivity (Wildman–Crippen MR) is 86.2 cm³/mol. The average molecular weight is 364 g/mol. The van der Waals surface area contributed by atoms with Crippen LogP contribution in [0, 0.1) is 11.6 Å². The second-order valence-corrected chi connectivity index (χ2v) is 6.19. The lowest BCUT2D eigenvalue weighted by molar-refractivity contribution is 0.254. The summed E-state index contributed by atoms with van der Waals surface area (Å²) in [5.41, 5.74) is -0.831. The van der Waals surface area contributed by atoms with Crippen LogP contribution < -0.4 is 5.69 Å². The maximum atomic E-state index is 14.4. The third kappa shape index (κ3) is 2.65. The van der Waals surface area contributed by atoms with E-state index in [1.54, 1.807) is 24.3 Å². The summed E-state index contributed by atoms with van der Waals surface area (Å²) in [6.45, 7) is -0.0340. The van der Waals surface area contributed by atoms with Gasteiger partial charge in [-0.05, 0) is 12.1 Å². The average Bonchev–Trinajstić information content (AvgIpc) is 3.14. The molecule has 1 aliphatic rings. The van der Waals surface area contributed by atoms with E-state index < -0.39 is 29.0 Å². The molecule has 0 spiro atoms. The van der Waals surface area contributed by atoms with Crippen LogP contribution in [-0.2, 0) is 16.9 Å². The minimum Gasteiger partial charge on any atom is -0.354 e. The Morgan fingerprint density at radius 2 is 2.08 bits per heavy atom. The van der Waals surface area contributed by atoms with Crippen molar-refractivity contribution in [2.24, 2.45) is 0 Å². The molecule has 2 atom stereocenters. The Morgan fingerprint density at radius 1 is 1.28 bits per heavy atom. The summed E-state index contributed by atoms with van der Waals surface area (Å²) in [6.07, 6.45) is 0.661. The van der Waals surface area contributed by atoms with Crippen LogP contribution in [0.2, 0.25) is 5.02 Å². The summed E-state index contributed by atoms with van der Waals surface area (Å²) in [4.78, 5) is 14.2. The van der Waals surface area contributed by atoms with Crippen molar-refractivity contribution in [3.05, 3.63) is 87.1 Å². The first-order chi connectivity index (χ1) is 12.0. The van der Waals surface area contributed by atoms with E-state index in [2.05, 4.69) is 10.1 Å². The first-order valence-electron chi connectivity index (χ1n) is 7.49. The molecule has 4 rings (SSSR count). The van der Waals surface area contributed by atoms with E-state index in [-0.39, 0.29) is 12.1 Å². The summed E-state index contributed by atoms with van der Waals surface area (Å²) >= 11 is 6.23. The molecule has 0 aliphatic carbocycles. The second-order valence-electron chi connectivity index (χ2n) is 5.78. The molecule has 0 unspecified atom stereocenters. The van der Waals surface area contributed by atoms with Gasteiger partial charge in [0, 0.05) is 22.2 Å². The van der Waals surface area contributed by atoms with Gasteiger partial charge >= 0.3 is 5.69 Å². The van der Waals surface area contributed by atoms with Gasteiger partial charge in [0.1, 0.15) is 29.7 Å². The highest BCUT2D eigenvalue weighted by molar-refractivity contribution is 6.31. The Hall–Kier alpha value is -2.51. The van der Waals surface area contributed by atoms with Crippen LogP contribution in [-0.4, -0.2) is 14.8 Å². The fourth-order valence-electron chi connectivity index (χ4n) is 3.04. The Morgan fingerprint density at radius 3 is 2.76 bits per heavy atom. The van der Waals surface area contributed by atoms with Crippen molar-refractivity contribution >= 4 is 11.6 Å². The number of benzene rings is 2. The molecule has 2 aromatic carbocycles. The highest BCUT2D eigenvalue weighted by Gasteiger charge is 2.61. The number of rotatable bonds is 4. The minimum absolute atomic E-state index is 0.0340. The number of aromatic nitrogens is 3. The van der Waals surface area contributed by atoms with Crippen LogP contribution in [0.1, 0.15) is 17.2 Å². The van der Waals surface area contributed by atoms with Crippen molar-refractivity contribution in [3.8, 4) is 0 Å². The first kappa shape index (κ1) is 16.0. The van der Waals surface area contributed by atoms with Crippen molar-refractivity contribution in [3.63, 3.8) is 0 Å². The third-order valence-electron chi connectivity index (χ3n) is 4.27. The Labute approximate surface area is 145 Å². The van der Waals surface area contributed by atoms with Crippen LogP contribution in [0.5, 0.6) is 0 Å². The van der Waals surface area contributed by atoms with Gasteiger partial charge in [-0.3, -0.25) is 4.98 Å². The van der Waals surface area contributed by atoms with Crippen molar-refractivity contribution in [2.45, 2.75) is 18.2 Å². The highest BCUT2D eigenvalue weighted by atomic mass is 35.5. The van der Waals surface area contributed by atoms with Gasteiger partial charge < -0.3 is 4.74 Å². The van der Waals surface area contributed by atoms with Gasteiger partial charge in [-0.1, -0.05) is 35.9 Å². The second kappa shape index (κ2) is 5.79. The summed E-state index contributed by atoms with van der Waals surface area (Å²) in [5, 5.41) is 4.37. The van der Waals surface area contributed by atoms with Crippen LogP contribution in [0.4, 0.5) is 8.78 Å². The molecule has 0 bridgehead atoms. The fourth-order valence-corrected chi connectivity index (χ4v) is 3.27. The fraction of sp³-hybridized carbons (Fsp3) is 0.176. The minimum atomic E-state index is -1.19. The lowest BCUT2D eigenvalue weighted by Gasteiger charge is -2.15. The molecule has 2 heterocycles. The maximum Gasteiger partial charge on any atom is 0.343 e. The number of aromatic amines is 1. The van der Waals surface area contributed by atoms with Gasteiger partial charge in [-0.15, -0.1) is 0 Å². The number of H-pyrrole nitrogens is 1. The number of hydrogen-bond acceptors (Lipinski definition) is 3. The van der Waals surface area contributed by atoms with Crippen molar-refractivity contribution in [1.82, 2.24) is 14.8 Å². The molecule has 8 heteroatoms. The molecule has 0 saturated carbocycles. The monoisotopic (exact) mass is 363 g/mol. The molecular formula is C17H12ClF2N3O2. The quantitative estimate of drug-likeness (QED) is 0.724. The maximum absolute atomic E-state index is 14.4. The van der Waals surface area contributed by atoms with E-state index >= 15 is 0 Å². The van der Waals surface area contributed by atoms with E-state index in [9.17, 15) is 13.6 Å². The molecule has 1 fully saturated rings. The van der Waals surface area contributed by atoms with E-state index in [1.165, 1.54) is 12.4 Å². The zero-order chi connectivity index (χ0) is 17.6. The molecule has 0 amide bonds. The highest BCUT2D eigenvalue weighted by Crippen LogP contribution is 2.59. The largest absolute Gasteiger partial charge is 0.354 e. The van der Waals surface area contributed by atoms with E-state index in [4.69, 9.17) is 16.3 Å². The molecule has 1 N–H and O–H groups in total. The number of hydrogen-bond donors (Lipinski definition) is 1. The Bertz CT molecular complexity index is 1000. The number of ether oxygens (including phenoxy) is 1. The van der Waals surface area contributed by atoms with Gasteiger partial charge in [0.15, 0.2) is 0 Å². The van der Waals surface area contributed by atoms with Gasteiger partial charge in [0.05, 0.1) is 6.54 Å². The zero-order valence-corrected chi connectivity index (χ0v) is 13.5. The summed E-state index contributed by atoms with van der Waals surface area (Å²) in [5.74, 6) is -1.44. The number of halogens is 3. The van der Waals surface area contributed by atoms with Gasteiger partial charge in [0.2, 0.25) is 0 Å². The van der Waals surface area contributed by atoms with Crippen molar-refractivity contribution in [2.75, 3.05) is 0 Å². The Balaban J connectivity index is 1.82. The lowest BCUT2D eigenvalue weighted by atomic mass is 9.91. The SMILES string of the molecule is O=c1[nH]cnn1C[C@@]1(c2ccc(F)cc2F)O[C@H]1c1ccccc1Cl. The summed E-state index contributed by atoms with van der Waals surface area (Å²) in [7, 11) is 0. The van der Waals surface area contributed by atoms with Gasteiger partial charge in [-0.2, -0.15) is 5.10 Å². The smallest absolute Gasteiger partial charge is 0.343 e. The lowest BCUT2D eigenvalue weighted by Crippen LogP contribution is -2.28. The van der Waals surface area contributed by atoms with Crippen LogP contribution >= 0.6 is 11.6 Å². The zero-order valence-electron chi connectivity index (χ0n) is 12.7. The molecule has 1 aromatic heterocycles. The van der Waals surface area contributed by atoms with Crippen LogP contribution in [0.15, 0.2) is 53.6 Å². The van der Waals surface area contributed by atoms with Crippen LogP contribution in [0.25, 0.3) is 0 Å². The molecule has 5 nitrogen and oxygen atoms in total. The molecule has 1 saturated heterocycles. The van der Waals surface area contributed by atoms with E-state index in [1.807, 2.05) is 0 Å². The number of epoxide rings is 1. The van der Waals surface area contributed by atoms with Crippen LogP contribution in [0.3, 0.4) is 0 Å². The normalized spacial score (nSPS) is 22.1. The number of nitrogens with zero attached hydrogens (tertiary/aromatic N) is 2. The number of nitrogens with one attached hydrogen (secondary N) is 1. The first-order valence-corrected chi connectivity index (χ1v) is 7.87. The predicted octanol–water partition coefficient (Wildman–Crippen LogP) is 3.17. The molecule has 128 valence electrons. The van der Waals surface area contributed by atoms with Gasteiger partial charge in [0.25, 0.3) is 0 Å². The van der Waals surface area contributed by atoms with Crippen molar-refractivity contribution < 1.29 is 13.5 Å². The van der Waals surface area contributed by atoms with E-state index in [0.717, 1.165) is 16.8 Å². The standard InChI is InChI=1S/C17H12ClF2N3O2/c18-13-4-2-1-3-11(13)15-17(25-15,8-23-16(24)21-9-22-23)12-6-5-10(19)7-14(12)20/h1-7,9,15H,8H2,(H,21,22,24)/t15-,17-/m0/s1. The third-order valence-corrected chi connectivity index (χ3v) is 4.62. The van der Waals surface area contributed by atoms with Crippen molar-refractivity contribution in [1.29, 1.82) is 0 Å². The molecular weight excluding hydrogens is 352 g/mol.